The number of nitrogens with one attached hydrogen (secondary N) is 2. The summed E-state index contributed by atoms with van der Waals surface area (Å²) in [6, 6.07) is 18.4. The van der Waals surface area contributed by atoms with Crippen molar-refractivity contribution < 1.29 is 23.5 Å². The number of halogens is 1. The first kappa shape index (κ1) is 25.3. The predicted octanol–water partition coefficient (Wildman–Crippen LogP) is 3.36. The highest BCUT2D eigenvalue weighted by atomic mass is 19.1. The van der Waals surface area contributed by atoms with Crippen molar-refractivity contribution in [3.05, 3.63) is 102 Å². The van der Waals surface area contributed by atoms with E-state index in [2.05, 4.69) is 20.6 Å². The van der Waals surface area contributed by atoms with E-state index in [1.54, 1.807) is 42.9 Å². The van der Waals surface area contributed by atoms with Crippen LogP contribution in [0.3, 0.4) is 0 Å². The minimum Gasteiger partial charge on any atom is -0.486 e. The number of carbonyl (C=O) groups excluding carboxylic acids is 2. The van der Waals surface area contributed by atoms with Crippen molar-refractivity contribution in [3.63, 3.8) is 0 Å². The lowest BCUT2D eigenvalue weighted by Gasteiger charge is -2.21. The van der Waals surface area contributed by atoms with Gasteiger partial charge in [0.15, 0.2) is 6.61 Å². The number of aromatic nitrogens is 2. The molecule has 4 aromatic rings. The Balaban J connectivity index is 1.35. The van der Waals surface area contributed by atoms with Crippen molar-refractivity contribution in [2.45, 2.75) is 18.7 Å². The number of fused-ring (bicyclic) bond motifs is 7. The van der Waals surface area contributed by atoms with Crippen LogP contribution in [0.1, 0.15) is 15.9 Å². The maximum absolute atomic E-state index is 14.9. The molecule has 1 aromatic heterocycles. The van der Waals surface area contributed by atoms with Gasteiger partial charge in [-0.3, -0.25) is 14.6 Å². The first-order valence-corrected chi connectivity index (χ1v) is 12.9. The van der Waals surface area contributed by atoms with Crippen molar-refractivity contribution >= 4 is 17.6 Å². The average Bonchev–Trinajstić information content (AvgIpc) is 3.38. The monoisotopic (exact) mass is 539 g/mol. The molecule has 9 nitrogen and oxygen atoms in total. The maximum Gasteiger partial charge on any atom is 0.258 e. The number of rotatable bonds is 1. The van der Waals surface area contributed by atoms with Gasteiger partial charge in [0.1, 0.15) is 29.2 Å². The third-order valence-corrected chi connectivity index (χ3v) is 6.91. The quantitative estimate of drug-likeness (QED) is 0.382. The predicted molar refractivity (Wildman–Crippen MR) is 146 cm³/mol. The van der Waals surface area contributed by atoms with E-state index in [4.69, 9.17) is 9.47 Å². The lowest BCUT2D eigenvalue weighted by Crippen LogP contribution is -2.45. The fraction of sp³-hybridized carbons (Fsp3) is 0.200. The van der Waals surface area contributed by atoms with Gasteiger partial charge in [-0.1, -0.05) is 30.3 Å². The highest BCUT2D eigenvalue weighted by Gasteiger charge is 2.37. The van der Waals surface area contributed by atoms with Gasteiger partial charge in [0, 0.05) is 25.5 Å². The zero-order valence-corrected chi connectivity index (χ0v) is 21.4. The van der Waals surface area contributed by atoms with Crippen molar-refractivity contribution in [1.82, 2.24) is 20.6 Å². The van der Waals surface area contributed by atoms with Crippen LogP contribution in [-0.4, -0.2) is 53.6 Å². The zero-order valence-electron chi connectivity index (χ0n) is 21.4. The van der Waals surface area contributed by atoms with Crippen LogP contribution in [0.2, 0.25) is 0 Å². The summed E-state index contributed by atoms with van der Waals surface area (Å²) in [6.45, 7) is 1.02. The maximum atomic E-state index is 14.9. The molecular weight excluding hydrogens is 513 g/mol. The van der Waals surface area contributed by atoms with Crippen LogP contribution in [0.4, 0.5) is 10.2 Å². The van der Waals surface area contributed by atoms with Gasteiger partial charge in [0.2, 0.25) is 0 Å². The highest BCUT2D eigenvalue weighted by Crippen LogP contribution is 2.27. The molecule has 7 rings (SSSR count). The summed E-state index contributed by atoms with van der Waals surface area (Å²) in [5, 5.41) is 5.84. The van der Waals surface area contributed by atoms with E-state index < -0.39 is 23.9 Å². The number of hydrogen-bond donors (Lipinski definition) is 2. The number of hydrogen-bond acceptors (Lipinski definition) is 7. The molecule has 6 bridgehead atoms. The third kappa shape index (κ3) is 5.56. The fourth-order valence-corrected chi connectivity index (χ4v) is 4.83. The number of benzene rings is 3. The minimum absolute atomic E-state index is 0.0846. The molecule has 0 radical (unpaired) electrons. The summed E-state index contributed by atoms with van der Waals surface area (Å²) in [7, 11) is 0. The molecule has 2 N–H and O–H groups in total. The first-order chi connectivity index (χ1) is 19.5. The SMILES string of the molecule is O=C1COc2cccc(c2)-c2ccc(F)c(c2)C(=O)N[C@H]2CN(c3cnccn3)C[C@@H]2Oc2ccc(cc2)CN1. The van der Waals surface area contributed by atoms with Crippen LogP contribution >= 0.6 is 0 Å². The summed E-state index contributed by atoms with van der Waals surface area (Å²) in [6.07, 6.45) is 4.40. The molecule has 4 heterocycles. The van der Waals surface area contributed by atoms with Gasteiger partial charge in [-0.25, -0.2) is 9.37 Å². The highest BCUT2D eigenvalue weighted by molar-refractivity contribution is 5.96. The van der Waals surface area contributed by atoms with Crippen LogP contribution in [0, 0.1) is 5.82 Å². The van der Waals surface area contributed by atoms with Crippen LogP contribution < -0.4 is 25.0 Å². The van der Waals surface area contributed by atoms with Gasteiger partial charge in [-0.15, -0.1) is 0 Å². The van der Waals surface area contributed by atoms with Crippen molar-refractivity contribution in [2.24, 2.45) is 0 Å². The van der Waals surface area contributed by atoms with Crippen LogP contribution in [0.15, 0.2) is 85.3 Å². The molecule has 40 heavy (non-hydrogen) atoms. The van der Waals surface area contributed by atoms with Gasteiger partial charge in [0.05, 0.1) is 24.3 Å². The molecule has 1 saturated heterocycles. The topological polar surface area (TPSA) is 106 Å². The molecule has 2 atom stereocenters. The van der Waals surface area contributed by atoms with E-state index in [0.717, 1.165) is 11.1 Å². The number of carbonyl (C=O) groups is 2. The second-order valence-corrected chi connectivity index (χ2v) is 9.64. The molecule has 0 aliphatic carbocycles. The van der Waals surface area contributed by atoms with E-state index in [1.807, 2.05) is 35.2 Å². The number of anilines is 1. The van der Waals surface area contributed by atoms with Gasteiger partial charge in [0.25, 0.3) is 11.8 Å². The van der Waals surface area contributed by atoms with Gasteiger partial charge >= 0.3 is 0 Å². The summed E-state index contributed by atoms with van der Waals surface area (Å²) < 4.78 is 26.9. The van der Waals surface area contributed by atoms with Crippen LogP contribution in [0.5, 0.6) is 11.5 Å². The zero-order chi connectivity index (χ0) is 27.5. The molecule has 10 heteroatoms. The molecule has 3 aliphatic heterocycles. The van der Waals surface area contributed by atoms with E-state index >= 15 is 0 Å². The molecule has 202 valence electrons. The number of nitrogens with zero attached hydrogens (tertiary/aromatic N) is 3. The molecule has 0 saturated carbocycles. The summed E-state index contributed by atoms with van der Waals surface area (Å²) in [5.41, 5.74) is 2.16. The third-order valence-electron chi connectivity index (χ3n) is 6.91. The largest absolute Gasteiger partial charge is 0.486 e. The van der Waals surface area contributed by atoms with Crippen molar-refractivity contribution in [2.75, 3.05) is 24.6 Å². The van der Waals surface area contributed by atoms with E-state index in [1.165, 1.54) is 12.1 Å². The normalized spacial score (nSPS) is 19.1. The Bertz CT molecular complexity index is 1530. The van der Waals surface area contributed by atoms with E-state index in [9.17, 15) is 14.0 Å². The standard InChI is InChI=1S/C30H26FN5O4/c31-25-9-6-21-13-24(25)30(38)35-26-16-36(28-15-32-10-11-33-28)17-27(26)40-22-7-4-19(5-8-22)14-34-29(37)18-39-23-3-1-2-20(21)12-23/h1-13,15,26-27H,14,16-18H2,(H,34,37)(H,35,38)/t26-,27-/m0/s1. The second-order valence-electron chi connectivity index (χ2n) is 9.64. The van der Waals surface area contributed by atoms with Gasteiger partial charge < -0.3 is 25.0 Å². The lowest BCUT2D eigenvalue weighted by molar-refractivity contribution is -0.123. The average molecular weight is 540 g/mol. The summed E-state index contributed by atoms with van der Waals surface area (Å²) >= 11 is 0. The summed E-state index contributed by atoms with van der Waals surface area (Å²) in [5.74, 6) is 0.289. The minimum atomic E-state index is -0.635. The Morgan fingerprint density at radius 3 is 2.60 bits per heavy atom. The lowest BCUT2D eigenvalue weighted by atomic mass is 10.0. The van der Waals surface area contributed by atoms with Crippen LogP contribution in [-0.2, 0) is 11.3 Å². The molecule has 0 unspecified atom stereocenters. The smallest absolute Gasteiger partial charge is 0.258 e. The summed E-state index contributed by atoms with van der Waals surface area (Å²) in [4.78, 5) is 36.3. The van der Waals surface area contributed by atoms with Gasteiger partial charge in [-0.2, -0.15) is 0 Å². The Morgan fingerprint density at radius 1 is 0.925 bits per heavy atom. The van der Waals surface area contributed by atoms with E-state index in [0.29, 0.717) is 42.5 Å². The Morgan fingerprint density at radius 2 is 1.77 bits per heavy atom. The molecule has 3 aliphatic rings. The molecule has 2 amide bonds. The molecule has 1 fully saturated rings. The van der Waals surface area contributed by atoms with Crippen LogP contribution in [0.25, 0.3) is 11.1 Å². The molecule has 3 aromatic carbocycles. The van der Waals surface area contributed by atoms with Crippen molar-refractivity contribution in [1.29, 1.82) is 0 Å². The number of ether oxygens (including phenoxy) is 2. The fourth-order valence-electron chi connectivity index (χ4n) is 4.83. The van der Waals surface area contributed by atoms with Gasteiger partial charge in [-0.05, 0) is 53.1 Å². The Labute approximate surface area is 230 Å². The Kier molecular flexibility index (Phi) is 6.96. The molecular formula is C30H26FN5O4. The second kappa shape index (κ2) is 11.0. The van der Waals surface area contributed by atoms with E-state index in [-0.39, 0.29) is 18.1 Å². The molecule has 0 spiro atoms. The first-order valence-electron chi connectivity index (χ1n) is 12.9. The Hall–Kier alpha value is -4.99. The van der Waals surface area contributed by atoms with Crippen molar-refractivity contribution in [3.8, 4) is 22.6 Å². The number of amides is 2.